The molecule has 0 fully saturated rings. The van der Waals surface area contributed by atoms with Crippen molar-refractivity contribution in [2.75, 3.05) is 13.1 Å². The van der Waals surface area contributed by atoms with Gasteiger partial charge in [0.25, 0.3) is 0 Å². The van der Waals surface area contributed by atoms with E-state index in [1.165, 1.54) is 83.5 Å². The van der Waals surface area contributed by atoms with Crippen molar-refractivity contribution in [2.24, 2.45) is 0 Å². The molecule has 192 valence electrons. The van der Waals surface area contributed by atoms with Crippen molar-refractivity contribution in [1.29, 1.82) is 0 Å². The monoisotopic (exact) mass is 456 g/mol. The summed E-state index contributed by atoms with van der Waals surface area (Å²) in [4.78, 5) is 3.70. The second-order valence-electron chi connectivity index (χ2n) is 9.62. The van der Waals surface area contributed by atoms with Crippen LogP contribution in [-0.4, -0.2) is 62.9 Å². The van der Waals surface area contributed by atoms with Crippen LogP contribution in [0.15, 0.2) is 12.2 Å². The third-order valence-corrected chi connectivity index (χ3v) is 6.41. The molecule has 5 nitrogen and oxygen atoms in total. The van der Waals surface area contributed by atoms with E-state index in [2.05, 4.69) is 24.0 Å². The van der Waals surface area contributed by atoms with E-state index in [1.807, 2.05) is 6.92 Å². The third kappa shape index (κ3) is 17.1. The van der Waals surface area contributed by atoms with Crippen molar-refractivity contribution in [3.63, 3.8) is 0 Å². The Morgan fingerprint density at radius 3 is 1.41 bits per heavy atom. The number of hydrogen-bond acceptors (Lipinski definition) is 5. The van der Waals surface area contributed by atoms with Crippen LogP contribution >= 0.6 is 0 Å². The van der Waals surface area contributed by atoms with Gasteiger partial charge in [-0.05, 0) is 59.8 Å². The van der Waals surface area contributed by atoms with E-state index in [0.717, 1.165) is 13.0 Å². The van der Waals surface area contributed by atoms with Crippen molar-refractivity contribution in [2.45, 2.75) is 149 Å². The molecule has 0 aromatic rings. The van der Waals surface area contributed by atoms with E-state index in [1.54, 1.807) is 25.7 Å². The molecule has 0 aliphatic carbocycles. The lowest BCUT2D eigenvalue weighted by atomic mass is 10.1. The van der Waals surface area contributed by atoms with Gasteiger partial charge in [0.15, 0.2) is 0 Å². The quantitative estimate of drug-likeness (QED) is 0.105. The Bertz CT molecular complexity index is 419. The molecule has 4 unspecified atom stereocenters. The smallest absolute Gasteiger partial charge is 0.106 e. The first-order chi connectivity index (χ1) is 15.3. The van der Waals surface area contributed by atoms with Gasteiger partial charge in [0.05, 0.1) is 0 Å². The second kappa shape index (κ2) is 21.1. The molecule has 0 aliphatic rings. The lowest BCUT2D eigenvalue weighted by molar-refractivity contribution is -0.105. The summed E-state index contributed by atoms with van der Waals surface area (Å²) in [7, 11) is 0. The van der Waals surface area contributed by atoms with Crippen LogP contribution < -0.4 is 0 Å². The molecule has 4 atom stereocenters. The first-order valence-electron chi connectivity index (χ1n) is 13.5. The average molecular weight is 457 g/mol. The van der Waals surface area contributed by atoms with Crippen LogP contribution in [-0.2, 0) is 0 Å². The molecule has 0 aromatic carbocycles. The molecule has 0 spiro atoms. The standard InChI is InChI=1S/C27H56N2O3/c1-6-7-8-9-10-11-12-13-14-15-16-17-18-19-20-21-22-28(25(3)30)24(2)23-29(26(4)31)27(5)32/h13-14,24-27,30-32H,6-12,15-23H2,1-5H3/b14-13-. The normalized spacial score (nSPS) is 16.2. The SMILES string of the molecule is CCCCCCCC/C=C\CCCCCCCCN(C(C)O)C(C)CN(C(C)O)C(C)O. The predicted molar refractivity (Wildman–Crippen MR) is 137 cm³/mol. The van der Waals surface area contributed by atoms with E-state index in [0.29, 0.717) is 6.54 Å². The van der Waals surface area contributed by atoms with Gasteiger partial charge in [-0.1, -0.05) is 76.9 Å². The van der Waals surface area contributed by atoms with Gasteiger partial charge in [-0.15, -0.1) is 0 Å². The number of unbranched alkanes of at least 4 members (excludes halogenated alkanes) is 12. The zero-order valence-corrected chi connectivity index (χ0v) is 22.0. The molecule has 0 saturated heterocycles. The van der Waals surface area contributed by atoms with E-state index >= 15 is 0 Å². The number of aliphatic hydroxyl groups is 3. The third-order valence-electron chi connectivity index (χ3n) is 6.41. The first kappa shape index (κ1) is 31.5. The number of allylic oxidation sites excluding steroid dienone is 2. The topological polar surface area (TPSA) is 67.2 Å². The lowest BCUT2D eigenvalue weighted by Crippen LogP contribution is -2.51. The van der Waals surface area contributed by atoms with Gasteiger partial charge >= 0.3 is 0 Å². The zero-order chi connectivity index (χ0) is 24.2. The molecule has 5 heteroatoms. The largest absolute Gasteiger partial charge is 0.379 e. The Kier molecular flexibility index (Phi) is 20.8. The Morgan fingerprint density at radius 2 is 0.969 bits per heavy atom. The molecule has 0 aromatic heterocycles. The Morgan fingerprint density at radius 1 is 0.562 bits per heavy atom. The fourth-order valence-electron chi connectivity index (χ4n) is 4.34. The highest BCUT2D eigenvalue weighted by molar-refractivity contribution is 4.81. The van der Waals surface area contributed by atoms with E-state index < -0.39 is 18.7 Å². The summed E-state index contributed by atoms with van der Waals surface area (Å²) in [5.74, 6) is 0. The van der Waals surface area contributed by atoms with Crippen LogP contribution in [0.1, 0.15) is 125 Å². The minimum absolute atomic E-state index is 0.0577. The number of nitrogens with zero attached hydrogens (tertiary/aromatic N) is 2. The number of rotatable bonds is 22. The van der Waals surface area contributed by atoms with Crippen LogP contribution in [0.5, 0.6) is 0 Å². The van der Waals surface area contributed by atoms with Gasteiger partial charge in [-0.2, -0.15) is 0 Å². The minimum atomic E-state index is -0.710. The first-order valence-corrected chi connectivity index (χ1v) is 13.5. The van der Waals surface area contributed by atoms with Crippen molar-refractivity contribution >= 4 is 0 Å². The van der Waals surface area contributed by atoms with Crippen molar-refractivity contribution in [3.05, 3.63) is 12.2 Å². The van der Waals surface area contributed by atoms with Crippen molar-refractivity contribution in [3.8, 4) is 0 Å². The lowest BCUT2D eigenvalue weighted by Gasteiger charge is -2.37. The maximum absolute atomic E-state index is 10.2. The highest BCUT2D eigenvalue weighted by Gasteiger charge is 2.24. The molecule has 0 amide bonds. The molecule has 0 heterocycles. The Labute approximate surface area is 199 Å². The summed E-state index contributed by atoms with van der Waals surface area (Å²) in [5, 5.41) is 29.9. The highest BCUT2D eigenvalue weighted by atomic mass is 16.3. The zero-order valence-electron chi connectivity index (χ0n) is 22.0. The van der Waals surface area contributed by atoms with E-state index in [-0.39, 0.29) is 6.04 Å². The molecule has 0 rings (SSSR count). The molecule has 32 heavy (non-hydrogen) atoms. The fraction of sp³-hybridized carbons (Fsp3) is 0.926. The summed E-state index contributed by atoms with van der Waals surface area (Å²) in [6, 6.07) is 0.0577. The van der Waals surface area contributed by atoms with Crippen molar-refractivity contribution in [1.82, 2.24) is 9.80 Å². The Balaban J connectivity index is 3.80. The maximum Gasteiger partial charge on any atom is 0.106 e. The molecule has 0 bridgehead atoms. The maximum atomic E-state index is 10.2. The van der Waals surface area contributed by atoms with Crippen LogP contribution in [0, 0.1) is 0 Å². The summed E-state index contributed by atoms with van der Waals surface area (Å²) in [5.41, 5.74) is 0. The molecular weight excluding hydrogens is 400 g/mol. The molecule has 0 radical (unpaired) electrons. The van der Waals surface area contributed by atoms with E-state index in [4.69, 9.17) is 0 Å². The van der Waals surface area contributed by atoms with Gasteiger partial charge < -0.3 is 15.3 Å². The summed E-state index contributed by atoms with van der Waals surface area (Å²) >= 11 is 0. The molecule has 0 aliphatic heterocycles. The van der Waals surface area contributed by atoms with Gasteiger partial charge in [0.2, 0.25) is 0 Å². The number of aliphatic hydroxyl groups excluding tert-OH is 3. The molecular formula is C27H56N2O3. The van der Waals surface area contributed by atoms with Crippen LogP contribution in [0.25, 0.3) is 0 Å². The van der Waals surface area contributed by atoms with Gasteiger partial charge in [0, 0.05) is 19.1 Å². The fourth-order valence-corrected chi connectivity index (χ4v) is 4.34. The predicted octanol–water partition coefficient (Wildman–Crippen LogP) is 6.03. The average Bonchev–Trinajstić information content (AvgIpc) is 2.73. The second-order valence-corrected chi connectivity index (χ2v) is 9.62. The Hall–Kier alpha value is -0.460. The van der Waals surface area contributed by atoms with Gasteiger partial charge in [-0.25, -0.2) is 0 Å². The van der Waals surface area contributed by atoms with Gasteiger partial charge in [-0.3, -0.25) is 9.80 Å². The van der Waals surface area contributed by atoms with Crippen LogP contribution in [0.4, 0.5) is 0 Å². The van der Waals surface area contributed by atoms with Crippen molar-refractivity contribution < 1.29 is 15.3 Å². The van der Waals surface area contributed by atoms with Gasteiger partial charge in [0.1, 0.15) is 18.7 Å². The molecule has 0 saturated carbocycles. The summed E-state index contributed by atoms with van der Waals surface area (Å²) in [6.07, 6.45) is 20.9. The minimum Gasteiger partial charge on any atom is -0.379 e. The summed E-state index contributed by atoms with van der Waals surface area (Å²) in [6.45, 7) is 10.8. The molecule has 3 N–H and O–H groups in total. The van der Waals surface area contributed by atoms with Crippen LogP contribution in [0.2, 0.25) is 0 Å². The van der Waals surface area contributed by atoms with E-state index in [9.17, 15) is 15.3 Å². The highest BCUT2D eigenvalue weighted by Crippen LogP contribution is 2.14. The summed E-state index contributed by atoms with van der Waals surface area (Å²) < 4.78 is 0. The number of hydrogen-bond donors (Lipinski definition) is 3. The van der Waals surface area contributed by atoms with Crippen LogP contribution in [0.3, 0.4) is 0 Å².